The molecular weight excluding hydrogens is 565 g/mol. The second kappa shape index (κ2) is 32.9. The van der Waals surface area contributed by atoms with Crippen LogP contribution in [0.15, 0.2) is 0 Å². The number of unbranched alkanes of at least 4 members (excludes halogenated alkanes) is 22. The van der Waals surface area contributed by atoms with Crippen molar-refractivity contribution in [2.45, 2.75) is 180 Å². The first-order chi connectivity index (χ1) is 20.9. The van der Waals surface area contributed by atoms with Gasteiger partial charge < -0.3 is 20.1 Å². The molecule has 0 amide bonds. The number of carbonyl (C=O) groups excluding carboxylic acids is 1. The Labute approximate surface area is 265 Å². The third-order valence-corrected chi connectivity index (χ3v) is 8.76. The van der Waals surface area contributed by atoms with E-state index in [-0.39, 0.29) is 32.3 Å². The number of esters is 1. The Balaban J connectivity index is 3.83. The molecule has 0 saturated carbocycles. The molecule has 3 N–H and O–H groups in total. The summed E-state index contributed by atoms with van der Waals surface area (Å²) in [4.78, 5) is 22.1. The minimum absolute atomic E-state index is 0.0914. The Morgan fingerprint density at radius 2 is 1.02 bits per heavy atom. The van der Waals surface area contributed by atoms with Crippen LogP contribution in [0.1, 0.15) is 174 Å². The van der Waals surface area contributed by atoms with E-state index in [4.69, 9.17) is 24.3 Å². The molecule has 0 saturated heterocycles. The molecule has 8 nitrogen and oxygen atoms in total. The average Bonchev–Trinajstić information content (AvgIpc) is 2.99. The Bertz CT molecular complexity index is 638. The second-order valence-electron chi connectivity index (χ2n) is 12.1. The lowest BCUT2D eigenvalue weighted by Gasteiger charge is -2.20. The van der Waals surface area contributed by atoms with Crippen LogP contribution in [0.25, 0.3) is 0 Å². The highest BCUT2D eigenvalue weighted by Gasteiger charge is 2.25. The topological polar surface area (TPSA) is 117 Å². The number of nitrogens with two attached hydrogens (primary N) is 1. The summed E-state index contributed by atoms with van der Waals surface area (Å²) in [5.74, 6) is -0.340. The number of ether oxygens (including phenoxy) is 2. The van der Waals surface area contributed by atoms with Crippen LogP contribution in [0, 0.1) is 0 Å². The Morgan fingerprint density at radius 1 is 0.605 bits per heavy atom. The first-order valence-corrected chi connectivity index (χ1v) is 19.5. The van der Waals surface area contributed by atoms with Crippen molar-refractivity contribution >= 4 is 13.8 Å². The van der Waals surface area contributed by atoms with Gasteiger partial charge in [0.1, 0.15) is 6.10 Å². The standard InChI is InChI=1S/C34H70NO7P/c1-3-5-7-9-10-11-12-13-14-15-16-17-18-19-20-21-22-24-26-29-39-31-33(32-41-43(37,38)40-30-28-35)42-34(36)27-25-23-8-6-4-2/h33H,3-32,35H2,1-2H3,(H,37,38). The zero-order valence-corrected chi connectivity index (χ0v) is 29.1. The van der Waals surface area contributed by atoms with Gasteiger partial charge in [0.15, 0.2) is 0 Å². The zero-order valence-electron chi connectivity index (χ0n) is 28.2. The molecule has 0 aliphatic carbocycles. The zero-order chi connectivity index (χ0) is 31.7. The molecule has 0 aliphatic heterocycles. The van der Waals surface area contributed by atoms with Crippen molar-refractivity contribution in [2.75, 3.05) is 33.0 Å². The molecule has 0 aromatic carbocycles. The summed E-state index contributed by atoms with van der Waals surface area (Å²) in [6.07, 6.45) is 30.1. The van der Waals surface area contributed by atoms with E-state index in [0.29, 0.717) is 13.0 Å². The number of hydrogen-bond donors (Lipinski definition) is 2. The normalized spacial score (nSPS) is 13.7. The summed E-state index contributed by atoms with van der Waals surface area (Å²) in [5, 5.41) is 0. The molecule has 43 heavy (non-hydrogen) atoms. The molecule has 2 atom stereocenters. The Morgan fingerprint density at radius 3 is 1.47 bits per heavy atom. The lowest BCUT2D eigenvalue weighted by Crippen LogP contribution is -2.28. The number of rotatable bonds is 35. The molecule has 0 radical (unpaired) electrons. The van der Waals surface area contributed by atoms with E-state index in [1.807, 2.05) is 0 Å². The van der Waals surface area contributed by atoms with Crippen LogP contribution in [0.2, 0.25) is 0 Å². The quantitative estimate of drug-likeness (QED) is 0.0401. The van der Waals surface area contributed by atoms with Gasteiger partial charge in [0, 0.05) is 19.6 Å². The van der Waals surface area contributed by atoms with Crippen molar-refractivity contribution in [2.24, 2.45) is 5.73 Å². The van der Waals surface area contributed by atoms with Gasteiger partial charge in [-0.25, -0.2) is 4.57 Å². The van der Waals surface area contributed by atoms with Gasteiger partial charge in [-0.1, -0.05) is 155 Å². The molecule has 0 spiro atoms. The first kappa shape index (κ1) is 42.5. The van der Waals surface area contributed by atoms with Gasteiger partial charge in [0.2, 0.25) is 0 Å². The highest BCUT2D eigenvalue weighted by Crippen LogP contribution is 2.43. The highest BCUT2D eigenvalue weighted by atomic mass is 31.2. The predicted molar refractivity (Wildman–Crippen MR) is 178 cm³/mol. The Kier molecular flexibility index (Phi) is 32.5. The summed E-state index contributed by atoms with van der Waals surface area (Å²) in [5.41, 5.74) is 5.32. The molecule has 2 unspecified atom stereocenters. The van der Waals surface area contributed by atoms with Crippen molar-refractivity contribution in [3.8, 4) is 0 Å². The number of carbonyl (C=O) groups is 1. The van der Waals surface area contributed by atoms with Gasteiger partial charge in [0.25, 0.3) is 0 Å². The molecule has 0 rings (SSSR count). The maximum absolute atomic E-state index is 12.3. The van der Waals surface area contributed by atoms with E-state index in [2.05, 4.69) is 13.8 Å². The van der Waals surface area contributed by atoms with Crippen LogP contribution < -0.4 is 5.73 Å². The average molecular weight is 636 g/mol. The third kappa shape index (κ3) is 32.7. The van der Waals surface area contributed by atoms with Crippen molar-refractivity contribution in [3.05, 3.63) is 0 Å². The minimum atomic E-state index is -4.25. The maximum Gasteiger partial charge on any atom is 0.472 e. The van der Waals surface area contributed by atoms with Gasteiger partial charge in [0.05, 0.1) is 19.8 Å². The molecule has 0 aromatic rings. The SMILES string of the molecule is CCCCCCCCCCCCCCCCCCCCCOCC(COP(=O)(O)OCCN)OC(=O)CCCCCCC. The molecule has 258 valence electrons. The van der Waals surface area contributed by atoms with E-state index in [9.17, 15) is 14.3 Å². The summed E-state index contributed by atoms with van der Waals surface area (Å²) in [7, 11) is -4.25. The van der Waals surface area contributed by atoms with Gasteiger partial charge in [-0.3, -0.25) is 13.8 Å². The van der Waals surface area contributed by atoms with Crippen molar-refractivity contribution in [1.29, 1.82) is 0 Å². The third-order valence-electron chi connectivity index (χ3n) is 7.77. The molecule has 0 bridgehead atoms. The van der Waals surface area contributed by atoms with E-state index >= 15 is 0 Å². The number of phosphoric ester groups is 1. The summed E-state index contributed by atoms with van der Waals surface area (Å²) in [6.45, 7) is 4.86. The molecule has 0 aliphatic rings. The summed E-state index contributed by atoms with van der Waals surface area (Å²) < 4.78 is 33.0. The van der Waals surface area contributed by atoms with Crippen molar-refractivity contribution in [1.82, 2.24) is 0 Å². The molecule has 0 fully saturated rings. The molecular formula is C34H70NO7P. The molecule has 0 heterocycles. The van der Waals surface area contributed by atoms with E-state index in [1.54, 1.807) is 0 Å². The largest absolute Gasteiger partial charge is 0.472 e. The summed E-state index contributed by atoms with van der Waals surface area (Å²) in [6, 6.07) is 0. The van der Waals surface area contributed by atoms with Gasteiger partial charge in [-0.15, -0.1) is 0 Å². The minimum Gasteiger partial charge on any atom is -0.457 e. The second-order valence-corrected chi connectivity index (χ2v) is 13.6. The van der Waals surface area contributed by atoms with Crippen LogP contribution in [0.4, 0.5) is 0 Å². The fraction of sp³-hybridized carbons (Fsp3) is 0.971. The fourth-order valence-corrected chi connectivity index (χ4v) is 5.88. The lowest BCUT2D eigenvalue weighted by molar-refractivity contribution is -0.154. The van der Waals surface area contributed by atoms with Crippen molar-refractivity contribution < 1.29 is 32.8 Å². The van der Waals surface area contributed by atoms with E-state index in [0.717, 1.165) is 44.9 Å². The molecule has 9 heteroatoms. The van der Waals surface area contributed by atoms with Gasteiger partial charge >= 0.3 is 13.8 Å². The van der Waals surface area contributed by atoms with Crippen LogP contribution in [-0.2, 0) is 27.9 Å². The van der Waals surface area contributed by atoms with Crippen molar-refractivity contribution in [3.63, 3.8) is 0 Å². The van der Waals surface area contributed by atoms with Crippen LogP contribution in [-0.4, -0.2) is 49.9 Å². The smallest absolute Gasteiger partial charge is 0.457 e. The molecule has 0 aromatic heterocycles. The van der Waals surface area contributed by atoms with Crippen LogP contribution >= 0.6 is 7.82 Å². The fourth-order valence-electron chi connectivity index (χ4n) is 5.11. The number of hydrogen-bond acceptors (Lipinski definition) is 7. The predicted octanol–water partition coefficient (Wildman–Crippen LogP) is 9.80. The first-order valence-electron chi connectivity index (χ1n) is 18.0. The van der Waals surface area contributed by atoms with Gasteiger partial charge in [-0.2, -0.15) is 0 Å². The summed E-state index contributed by atoms with van der Waals surface area (Å²) >= 11 is 0. The number of phosphoric acid groups is 1. The Hall–Kier alpha value is -0.500. The van der Waals surface area contributed by atoms with Crippen LogP contribution in [0.3, 0.4) is 0 Å². The van der Waals surface area contributed by atoms with Gasteiger partial charge in [-0.05, 0) is 12.8 Å². The van der Waals surface area contributed by atoms with Crippen LogP contribution in [0.5, 0.6) is 0 Å². The lowest BCUT2D eigenvalue weighted by atomic mass is 10.0. The van der Waals surface area contributed by atoms with E-state index in [1.165, 1.54) is 109 Å². The monoisotopic (exact) mass is 635 g/mol. The maximum atomic E-state index is 12.3. The highest BCUT2D eigenvalue weighted by molar-refractivity contribution is 7.47. The van der Waals surface area contributed by atoms with E-state index < -0.39 is 13.9 Å².